The van der Waals surface area contributed by atoms with Crippen LogP contribution >= 0.6 is 0 Å². The van der Waals surface area contributed by atoms with E-state index in [0.717, 1.165) is 29.0 Å². The van der Waals surface area contributed by atoms with E-state index in [0.29, 0.717) is 18.8 Å². The summed E-state index contributed by atoms with van der Waals surface area (Å²) in [6.07, 6.45) is 1.18. The largest absolute Gasteiger partial charge is 0.459 e. The second-order valence-electron chi connectivity index (χ2n) is 8.09. The summed E-state index contributed by atoms with van der Waals surface area (Å²) in [4.78, 5) is 14.6. The van der Waals surface area contributed by atoms with E-state index in [1.54, 1.807) is 4.90 Å². The van der Waals surface area contributed by atoms with E-state index >= 15 is 0 Å². The number of rotatable bonds is 7. The van der Waals surface area contributed by atoms with Gasteiger partial charge in [0.25, 0.3) is 0 Å². The molecule has 0 N–H and O–H groups in total. The van der Waals surface area contributed by atoms with E-state index in [1.165, 1.54) is 11.3 Å². The van der Waals surface area contributed by atoms with Crippen molar-refractivity contribution < 1.29 is 9.21 Å². The zero-order valence-electron chi connectivity index (χ0n) is 17.8. The van der Waals surface area contributed by atoms with Gasteiger partial charge in [-0.1, -0.05) is 32.0 Å². The lowest BCUT2D eigenvalue weighted by Gasteiger charge is -2.23. The summed E-state index contributed by atoms with van der Waals surface area (Å²) in [5, 5.41) is 5.72. The van der Waals surface area contributed by atoms with E-state index in [2.05, 4.69) is 30.6 Å². The number of furan rings is 1. The molecule has 1 atom stereocenters. The molecular formula is C23H31N3O2. The number of aromatic nitrogens is 2. The highest BCUT2D eigenvalue weighted by Gasteiger charge is 2.22. The topological polar surface area (TPSA) is 51.3 Å². The van der Waals surface area contributed by atoms with Gasteiger partial charge in [0.2, 0.25) is 5.91 Å². The molecule has 28 heavy (non-hydrogen) atoms. The molecule has 2 heterocycles. The Bertz CT molecular complexity index is 935. The zero-order valence-corrected chi connectivity index (χ0v) is 17.8. The maximum atomic E-state index is 12.8. The Morgan fingerprint density at radius 1 is 1.21 bits per heavy atom. The van der Waals surface area contributed by atoms with Crippen LogP contribution in [-0.2, 0) is 17.8 Å². The van der Waals surface area contributed by atoms with Crippen LogP contribution in [0.2, 0.25) is 0 Å². The van der Waals surface area contributed by atoms with Crippen LogP contribution in [0.15, 0.2) is 34.7 Å². The lowest BCUT2D eigenvalue weighted by atomic mass is 10.1. The highest BCUT2D eigenvalue weighted by Crippen LogP contribution is 2.27. The smallest absolute Gasteiger partial charge is 0.223 e. The summed E-state index contributed by atoms with van der Waals surface area (Å²) in [6.45, 7) is 11.4. The zero-order chi connectivity index (χ0) is 20.4. The third kappa shape index (κ3) is 4.13. The van der Waals surface area contributed by atoms with Crippen molar-refractivity contribution in [2.45, 2.75) is 60.0 Å². The fourth-order valence-corrected chi connectivity index (χ4v) is 3.64. The molecule has 150 valence electrons. The molecule has 1 amide bonds. The molecule has 0 radical (unpaired) electrons. The molecule has 5 heteroatoms. The number of hydrogen-bond donors (Lipinski definition) is 0. The van der Waals surface area contributed by atoms with Gasteiger partial charge in [-0.15, -0.1) is 0 Å². The molecule has 3 aromatic rings. The minimum absolute atomic E-state index is 0.106. The minimum Gasteiger partial charge on any atom is -0.459 e. The van der Waals surface area contributed by atoms with Crippen molar-refractivity contribution in [1.29, 1.82) is 0 Å². The molecule has 0 saturated carbocycles. The van der Waals surface area contributed by atoms with Gasteiger partial charge in [0.1, 0.15) is 11.3 Å². The average molecular weight is 382 g/mol. The van der Waals surface area contributed by atoms with E-state index in [1.807, 2.05) is 51.2 Å². The first-order valence-corrected chi connectivity index (χ1v) is 10.0. The molecule has 0 unspecified atom stereocenters. The van der Waals surface area contributed by atoms with Crippen molar-refractivity contribution in [1.82, 2.24) is 14.7 Å². The first kappa shape index (κ1) is 20.2. The number of carbonyl (C=O) groups excluding carboxylic acids is 1. The van der Waals surface area contributed by atoms with Crippen LogP contribution in [0.5, 0.6) is 0 Å². The van der Waals surface area contributed by atoms with Gasteiger partial charge in [0.15, 0.2) is 0 Å². The maximum Gasteiger partial charge on any atom is 0.223 e. The fraction of sp³-hybridized carbons (Fsp3) is 0.478. The van der Waals surface area contributed by atoms with Crippen LogP contribution < -0.4 is 0 Å². The van der Waals surface area contributed by atoms with Gasteiger partial charge in [-0.3, -0.25) is 9.48 Å². The van der Waals surface area contributed by atoms with E-state index in [9.17, 15) is 4.79 Å². The highest BCUT2D eigenvalue weighted by molar-refractivity contribution is 5.79. The maximum absolute atomic E-state index is 12.8. The van der Waals surface area contributed by atoms with Crippen LogP contribution in [0.25, 0.3) is 11.0 Å². The lowest BCUT2D eigenvalue weighted by molar-refractivity contribution is -0.132. The molecule has 0 aliphatic heterocycles. The van der Waals surface area contributed by atoms with Gasteiger partial charge >= 0.3 is 0 Å². The van der Waals surface area contributed by atoms with Crippen molar-refractivity contribution in [2.24, 2.45) is 5.92 Å². The molecule has 0 spiro atoms. The first-order chi connectivity index (χ1) is 13.3. The Balaban J connectivity index is 1.66. The van der Waals surface area contributed by atoms with Crippen LogP contribution in [0.4, 0.5) is 0 Å². The third-order valence-corrected chi connectivity index (χ3v) is 5.49. The molecule has 0 aliphatic rings. The predicted molar refractivity (Wildman–Crippen MR) is 112 cm³/mol. The van der Waals surface area contributed by atoms with Crippen LogP contribution in [0, 0.1) is 19.8 Å². The van der Waals surface area contributed by atoms with Crippen molar-refractivity contribution in [3.63, 3.8) is 0 Å². The Kier molecular flexibility index (Phi) is 5.92. The van der Waals surface area contributed by atoms with Crippen molar-refractivity contribution in [2.75, 3.05) is 7.05 Å². The minimum atomic E-state index is -0.106. The van der Waals surface area contributed by atoms with E-state index in [-0.39, 0.29) is 11.9 Å². The lowest BCUT2D eigenvalue weighted by Crippen LogP contribution is -2.29. The molecule has 1 aromatic carbocycles. The first-order valence-electron chi connectivity index (χ1n) is 10.0. The fourth-order valence-electron chi connectivity index (χ4n) is 3.64. The normalized spacial score (nSPS) is 12.7. The van der Waals surface area contributed by atoms with Gasteiger partial charge in [-0.25, -0.2) is 0 Å². The Morgan fingerprint density at radius 3 is 2.61 bits per heavy atom. The molecule has 0 fully saturated rings. The van der Waals surface area contributed by atoms with Crippen molar-refractivity contribution in [3.8, 4) is 0 Å². The monoisotopic (exact) mass is 381 g/mol. The highest BCUT2D eigenvalue weighted by atomic mass is 16.3. The number of aryl methyl sites for hydroxylation is 1. The van der Waals surface area contributed by atoms with Gasteiger partial charge in [-0.2, -0.15) is 5.10 Å². The number of amides is 1. The summed E-state index contributed by atoms with van der Waals surface area (Å²) < 4.78 is 8.01. The summed E-state index contributed by atoms with van der Waals surface area (Å²) in [5.74, 6) is 1.47. The van der Waals surface area contributed by atoms with Gasteiger partial charge in [0.05, 0.1) is 11.7 Å². The van der Waals surface area contributed by atoms with E-state index < -0.39 is 0 Å². The standard InChI is InChI=1S/C23H31N3O2/c1-15(2)14-26-17(4)20(16(3)24-26)11-12-23(27)25(6)18(5)22-13-19-9-7-8-10-21(19)28-22/h7-10,13,15,18H,11-12,14H2,1-6H3/t18-/m0/s1. The molecular weight excluding hydrogens is 350 g/mol. The third-order valence-electron chi connectivity index (χ3n) is 5.49. The van der Waals surface area contributed by atoms with Gasteiger partial charge in [-0.05, 0) is 50.8 Å². The summed E-state index contributed by atoms with van der Waals surface area (Å²) in [5.41, 5.74) is 4.25. The second kappa shape index (κ2) is 8.21. The van der Waals surface area contributed by atoms with Gasteiger partial charge in [0, 0.05) is 31.1 Å². The molecule has 2 aromatic heterocycles. The summed E-state index contributed by atoms with van der Waals surface area (Å²) in [7, 11) is 1.85. The predicted octanol–water partition coefficient (Wildman–Crippen LogP) is 5.05. The molecule has 3 rings (SSSR count). The SMILES string of the molecule is Cc1nn(CC(C)C)c(C)c1CCC(=O)N(C)[C@@H](C)c1cc2ccccc2o1. The van der Waals surface area contributed by atoms with Gasteiger partial charge < -0.3 is 9.32 Å². The van der Waals surface area contributed by atoms with E-state index in [4.69, 9.17) is 4.42 Å². The van der Waals surface area contributed by atoms with Crippen molar-refractivity contribution >= 4 is 16.9 Å². The molecule has 0 bridgehead atoms. The molecule has 5 nitrogen and oxygen atoms in total. The number of para-hydroxylation sites is 1. The summed E-state index contributed by atoms with van der Waals surface area (Å²) in [6, 6.07) is 9.84. The Morgan fingerprint density at radius 2 is 1.93 bits per heavy atom. The number of carbonyl (C=O) groups is 1. The van der Waals surface area contributed by atoms with Crippen molar-refractivity contribution in [3.05, 3.63) is 53.0 Å². The summed E-state index contributed by atoms with van der Waals surface area (Å²) >= 11 is 0. The van der Waals surface area contributed by atoms with Crippen LogP contribution in [0.1, 0.15) is 55.9 Å². The molecule has 0 saturated heterocycles. The van der Waals surface area contributed by atoms with Crippen LogP contribution in [0.3, 0.4) is 0 Å². The number of benzene rings is 1. The molecule has 0 aliphatic carbocycles. The van der Waals surface area contributed by atoms with Crippen LogP contribution in [-0.4, -0.2) is 27.6 Å². The number of hydrogen-bond acceptors (Lipinski definition) is 3. The Hall–Kier alpha value is -2.56. The number of nitrogens with zero attached hydrogens (tertiary/aromatic N) is 3. The number of fused-ring (bicyclic) bond motifs is 1. The average Bonchev–Trinajstić information content (AvgIpc) is 3.19. The second-order valence-corrected chi connectivity index (χ2v) is 8.09. The quantitative estimate of drug-likeness (QED) is 0.575. The Labute approximate surface area is 167 Å².